The Labute approximate surface area is 264 Å². The molecule has 46 heavy (non-hydrogen) atoms. The average molecular weight is 643 g/mol. The Hall–Kier alpha value is -5.07. The van der Waals surface area contributed by atoms with Crippen LogP contribution in [-0.4, -0.2) is 50.7 Å². The average Bonchev–Trinajstić information content (AvgIpc) is 3.62. The van der Waals surface area contributed by atoms with Crippen LogP contribution < -0.4 is 14.4 Å². The van der Waals surface area contributed by atoms with E-state index in [1.54, 1.807) is 43.3 Å². The summed E-state index contributed by atoms with van der Waals surface area (Å²) in [7, 11) is -0.0860. The Morgan fingerprint density at radius 1 is 1.11 bits per heavy atom. The first-order valence-corrected chi connectivity index (χ1v) is 16.0. The molecular formula is C34H28F2N4O5S. The summed E-state index contributed by atoms with van der Waals surface area (Å²) in [6, 6.07) is 19.1. The summed E-state index contributed by atoms with van der Waals surface area (Å²) in [6.07, 6.45) is 0.662. The fourth-order valence-corrected chi connectivity index (χ4v) is 6.75. The quantitative estimate of drug-likeness (QED) is 0.213. The van der Waals surface area contributed by atoms with Crippen molar-refractivity contribution in [2.45, 2.75) is 19.8 Å². The molecule has 0 bridgehead atoms. The fourth-order valence-electron chi connectivity index (χ4n) is 5.89. The molecule has 7 rings (SSSR count). The number of fused-ring (bicyclic) bond motifs is 6. The maximum Gasteiger partial charge on any atom is 0.255 e. The van der Waals surface area contributed by atoms with Gasteiger partial charge in [-0.2, -0.15) is 0 Å². The molecule has 9 nitrogen and oxygen atoms in total. The number of benzene rings is 3. The van der Waals surface area contributed by atoms with Crippen LogP contribution >= 0.6 is 0 Å². The van der Waals surface area contributed by atoms with Gasteiger partial charge in [0.2, 0.25) is 0 Å². The summed E-state index contributed by atoms with van der Waals surface area (Å²) in [6.45, 7) is 1.80. The number of hydrogen-bond donors (Lipinski definition) is 2. The van der Waals surface area contributed by atoms with E-state index in [0.717, 1.165) is 0 Å². The van der Waals surface area contributed by atoms with Gasteiger partial charge in [0.1, 0.15) is 45.4 Å². The molecule has 234 valence electrons. The van der Waals surface area contributed by atoms with Gasteiger partial charge in [-0.05, 0) is 67.6 Å². The highest BCUT2D eigenvalue weighted by Gasteiger charge is 2.28. The van der Waals surface area contributed by atoms with Gasteiger partial charge in [-0.15, -0.1) is 0 Å². The maximum atomic E-state index is 14.7. The number of ether oxygens (including phenoxy) is 1. The molecule has 0 aliphatic carbocycles. The molecule has 0 fully saturated rings. The molecule has 0 saturated carbocycles. The Bertz CT molecular complexity index is 2190. The lowest BCUT2D eigenvalue weighted by Crippen LogP contribution is -2.32. The van der Waals surface area contributed by atoms with Gasteiger partial charge in [-0.25, -0.2) is 18.0 Å². The van der Waals surface area contributed by atoms with Crippen molar-refractivity contribution in [3.8, 4) is 39.7 Å². The van der Waals surface area contributed by atoms with Crippen LogP contribution in [0.25, 0.3) is 55.8 Å². The van der Waals surface area contributed by atoms with Crippen LogP contribution in [0.3, 0.4) is 0 Å². The zero-order valence-corrected chi connectivity index (χ0v) is 25.8. The number of hydrogen-bond acceptors (Lipinski definition) is 6. The molecule has 1 aliphatic heterocycles. The number of carbonyl (C=O) groups excluding carboxylic acids is 1. The molecule has 6 aromatic rings. The van der Waals surface area contributed by atoms with Crippen molar-refractivity contribution in [3.05, 3.63) is 90.0 Å². The molecule has 1 aliphatic rings. The summed E-state index contributed by atoms with van der Waals surface area (Å²) < 4.78 is 57.3. The Morgan fingerprint density at radius 3 is 2.61 bits per heavy atom. The summed E-state index contributed by atoms with van der Waals surface area (Å²) >= 11 is 0. The molecule has 2 atom stereocenters. The zero-order chi connectivity index (χ0) is 32.3. The lowest BCUT2D eigenvalue weighted by atomic mass is 10.00. The molecular weight excluding hydrogens is 614 g/mol. The molecule has 1 amide bonds. The van der Waals surface area contributed by atoms with Gasteiger partial charge in [0.25, 0.3) is 5.91 Å². The van der Waals surface area contributed by atoms with Crippen molar-refractivity contribution in [1.29, 1.82) is 0 Å². The van der Waals surface area contributed by atoms with Gasteiger partial charge < -0.3 is 24.1 Å². The minimum atomic E-state index is -1.59. The minimum Gasteiger partial charge on any atom is -0.470 e. The standard InChI is InChI=1S/C34H28F2N4O5S/c1-18(41)16-40(46(3)43)27-15-30-23(31(34(42)37-2)33(45-30)19-7-9-20(35)10-8-19)13-22(27)25-11-12-29-32(38-25)28-14-21-24(36)5-4-6-26(21)39(28)17-44-29/h4-15,18,41H,16-17H2,1-3H3,(H,37,42). The Kier molecular flexibility index (Phi) is 7.33. The minimum absolute atomic E-state index is 0.0248. The number of amides is 1. The fraction of sp³-hybridized carbons (Fsp3) is 0.176. The first-order chi connectivity index (χ1) is 22.1. The molecule has 0 spiro atoms. The lowest BCUT2D eigenvalue weighted by molar-refractivity contribution is 0.0964. The van der Waals surface area contributed by atoms with Gasteiger partial charge in [0.05, 0.1) is 40.8 Å². The normalized spacial score (nSPS) is 13.6. The van der Waals surface area contributed by atoms with E-state index < -0.39 is 28.8 Å². The van der Waals surface area contributed by atoms with Gasteiger partial charge >= 0.3 is 0 Å². The predicted molar refractivity (Wildman–Crippen MR) is 173 cm³/mol. The molecule has 4 heterocycles. The molecule has 3 aromatic carbocycles. The maximum absolute atomic E-state index is 14.7. The molecule has 0 saturated heterocycles. The second kappa shape index (κ2) is 11.4. The van der Waals surface area contributed by atoms with E-state index in [2.05, 4.69) is 5.32 Å². The number of nitrogens with one attached hydrogen (secondary N) is 1. The Balaban J connectivity index is 1.50. The van der Waals surface area contributed by atoms with Crippen molar-refractivity contribution in [1.82, 2.24) is 14.9 Å². The van der Waals surface area contributed by atoms with Crippen molar-refractivity contribution < 1.29 is 32.0 Å². The van der Waals surface area contributed by atoms with E-state index >= 15 is 0 Å². The SMILES string of the molecule is CNC(=O)c1c(-c2ccc(F)cc2)oc2cc(N(CC(C)O)S(C)=O)c(-c3ccc4c(n3)-c3cc5c(F)cccc5n3CO4)cc12. The van der Waals surface area contributed by atoms with E-state index in [1.165, 1.54) is 47.9 Å². The van der Waals surface area contributed by atoms with Crippen LogP contribution in [0.15, 0.2) is 77.2 Å². The number of carbonyl (C=O) groups is 1. The molecule has 2 N–H and O–H groups in total. The largest absolute Gasteiger partial charge is 0.470 e. The number of anilines is 1. The summed E-state index contributed by atoms with van der Waals surface area (Å²) in [4.78, 5) is 18.3. The van der Waals surface area contributed by atoms with Crippen LogP contribution in [0.2, 0.25) is 0 Å². The second-order valence-electron chi connectivity index (χ2n) is 11.0. The molecule has 2 unspecified atom stereocenters. The van der Waals surface area contributed by atoms with Crippen molar-refractivity contribution in [3.63, 3.8) is 0 Å². The second-order valence-corrected chi connectivity index (χ2v) is 12.3. The van der Waals surface area contributed by atoms with E-state index in [4.69, 9.17) is 14.1 Å². The van der Waals surface area contributed by atoms with E-state index in [0.29, 0.717) is 61.5 Å². The number of halogens is 2. The highest BCUT2D eigenvalue weighted by Crippen LogP contribution is 2.44. The third-order valence-electron chi connectivity index (χ3n) is 7.99. The topological polar surface area (TPSA) is 110 Å². The van der Waals surface area contributed by atoms with Gasteiger partial charge in [-0.3, -0.25) is 9.10 Å². The summed E-state index contributed by atoms with van der Waals surface area (Å²) in [5.41, 5.74) is 4.24. The lowest BCUT2D eigenvalue weighted by Gasteiger charge is -2.26. The number of aromatic nitrogens is 2. The molecule has 0 radical (unpaired) electrons. The number of furan rings is 1. The van der Waals surface area contributed by atoms with Crippen LogP contribution in [0.1, 0.15) is 17.3 Å². The highest BCUT2D eigenvalue weighted by atomic mass is 32.2. The zero-order valence-electron chi connectivity index (χ0n) is 25.0. The van der Waals surface area contributed by atoms with Crippen molar-refractivity contribution in [2.75, 3.05) is 24.2 Å². The predicted octanol–water partition coefficient (Wildman–Crippen LogP) is 6.25. The summed E-state index contributed by atoms with van der Waals surface area (Å²) in [5.74, 6) is -0.475. The van der Waals surface area contributed by atoms with E-state index in [9.17, 15) is 22.9 Å². The van der Waals surface area contributed by atoms with Gasteiger partial charge in [-0.1, -0.05) is 6.07 Å². The number of aliphatic hydroxyl groups excluding tert-OH is 1. The van der Waals surface area contributed by atoms with Crippen LogP contribution in [0.4, 0.5) is 14.5 Å². The van der Waals surface area contributed by atoms with Crippen LogP contribution in [-0.2, 0) is 17.7 Å². The van der Waals surface area contributed by atoms with E-state index in [1.807, 2.05) is 10.6 Å². The number of pyridine rings is 1. The third kappa shape index (κ3) is 4.90. The smallest absolute Gasteiger partial charge is 0.255 e. The van der Waals surface area contributed by atoms with Crippen LogP contribution in [0, 0.1) is 11.6 Å². The van der Waals surface area contributed by atoms with Crippen molar-refractivity contribution >= 4 is 44.5 Å². The highest BCUT2D eigenvalue weighted by molar-refractivity contribution is 7.85. The number of nitrogens with zero attached hydrogens (tertiary/aromatic N) is 3. The van der Waals surface area contributed by atoms with Crippen LogP contribution in [0.5, 0.6) is 5.75 Å². The first-order valence-electron chi connectivity index (χ1n) is 14.4. The first kappa shape index (κ1) is 29.6. The Morgan fingerprint density at radius 2 is 1.89 bits per heavy atom. The molecule has 3 aromatic heterocycles. The number of aliphatic hydroxyl groups is 1. The summed E-state index contributed by atoms with van der Waals surface area (Å²) in [5, 5.41) is 13.9. The number of rotatable bonds is 7. The van der Waals surface area contributed by atoms with Gasteiger partial charge in [0.15, 0.2) is 6.73 Å². The molecule has 12 heteroatoms. The van der Waals surface area contributed by atoms with E-state index in [-0.39, 0.29) is 30.4 Å². The van der Waals surface area contributed by atoms with Gasteiger partial charge in [0, 0.05) is 41.3 Å². The van der Waals surface area contributed by atoms with Crippen molar-refractivity contribution in [2.24, 2.45) is 0 Å². The third-order valence-corrected chi connectivity index (χ3v) is 8.96. The monoisotopic (exact) mass is 642 g/mol.